The summed E-state index contributed by atoms with van der Waals surface area (Å²) in [6, 6.07) is 55.7. The number of nitrogens with zero attached hydrogens (tertiary/aromatic N) is 5. The van der Waals surface area contributed by atoms with E-state index in [9.17, 15) is 0 Å². The maximum absolute atomic E-state index is 6.44. The van der Waals surface area contributed by atoms with Gasteiger partial charge in [0.1, 0.15) is 16.7 Å². The summed E-state index contributed by atoms with van der Waals surface area (Å²) >= 11 is 0. The third kappa shape index (κ3) is 5.41. The van der Waals surface area contributed by atoms with Crippen molar-refractivity contribution in [2.45, 2.75) is 0 Å². The molecule has 0 amide bonds. The average Bonchev–Trinajstić information content (AvgIpc) is 3.88. The second kappa shape index (κ2) is 13.0. The number of pyridine rings is 1. The third-order valence-corrected chi connectivity index (χ3v) is 10.3. The molecule has 262 valence electrons. The van der Waals surface area contributed by atoms with Gasteiger partial charge in [-0.15, -0.1) is 0 Å². The fraction of sp³-hybridized carbons (Fsp3) is 0. The van der Waals surface area contributed by atoms with E-state index in [1.165, 1.54) is 0 Å². The number of hydrogen-bond acceptors (Lipinski definition) is 7. The van der Waals surface area contributed by atoms with E-state index in [0.29, 0.717) is 28.9 Å². The zero-order chi connectivity index (χ0) is 37.0. The minimum absolute atomic E-state index is 0.558. The Bertz CT molecular complexity index is 3170. The first-order valence-electron chi connectivity index (χ1n) is 18.4. The van der Waals surface area contributed by atoms with Gasteiger partial charge in [0.15, 0.2) is 23.1 Å². The van der Waals surface area contributed by atoms with E-state index in [0.717, 1.165) is 82.7 Å². The van der Waals surface area contributed by atoms with Gasteiger partial charge < -0.3 is 8.83 Å². The number of hydrogen-bond donors (Lipinski definition) is 0. The lowest BCUT2D eigenvalue weighted by Crippen LogP contribution is -2.00. The molecule has 7 nitrogen and oxygen atoms in total. The zero-order valence-electron chi connectivity index (χ0n) is 29.8. The summed E-state index contributed by atoms with van der Waals surface area (Å²) in [4.78, 5) is 23.6. The molecule has 0 aliphatic heterocycles. The number of rotatable bonds is 6. The van der Waals surface area contributed by atoms with Gasteiger partial charge in [0.25, 0.3) is 0 Å². The van der Waals surface area contributed by atoms with Gasteiger partial charge in [0.2, 0.25) is 5.89 Å². The SMILES string of the molecule is c1ccc(-c2nc(-c3ccccc3)nc(-c3ccc(-c4ccc(-c5ccc6c(c5)oc5ccc7nc(-c8ccncc8)oc7c56)c5ccccc45)cc3)n2)cc1. The molecule has 0 fully saturated rings. The van der Waals surface area contributed by atoms with Crippen LogP contribution in [0.5, 0.6) is 0 Å². The van der Waals surface area contributed by atoms with E-state index in [4.69, 9.17) is 28.8 Å². The van der Waals surface area contributed by atoms with Crippen molar-refractivity contribution < 1.29 is 8.83 Å². The lowest BCUT2D eigenvalue weighted by atomic mass is 9.91. The largest absolute Gasteiger partial charge is 0.456 e. The van der Waals surface area contributed by atoms with Crippen molar-refractivity contribution in [1.29, 1.82) is 0 Å². The van der Waals surface area contributed by atoms with Crippen molar-refractivity contribution in [3.05, 3.63) is 176 Å². The molecule has 56 heavy (non-hydrogen) atoms. The normalized spacial score (nSPS) is 11.6. The van der Waals surface area contributed by atoms with Gasteiger partial charge in [0, 0.05) is 40.0 Å². The third-order valence-electron chi connectivity index (χ3n) is 10.3. The van der Waals surface area contributed by atoms with Crippen molar-refractivity contribution in [1.82, 2.24) is 24.9 Å². The Morgan fingerprint density at radius 2 is 0.911 bits per heavy atom. The molecule has 7 heteroatoms. The number of benzene rings is 7. The highest BCUT2D eigenvalue weighted by atomic mass is 16.4. The van der Waals surface area contributed by atoms with Crippen LogP contribution in [0.15, 0.2) is 185 Å². The summed E-state index contributed by atoms with van der Waals surface area (Å²) in [6.45, 7) is 0. The van der Waals surface area contributed by atoms with Crippen LogP contribution in [0.3, 0.4) is 0 Å². The van der Waals surface area contributed by atoms with E-state index in [-0.39, 0.29) is 0 Å². The smallest absolute Gasteiger partial charge is 0.227 e. The van der Waals surface area contributed by atoms with Crippen molar-refractivity contribution in [2.75, 3.05) is 0 Å². The van der Waals surface area contributed by atoms with E-state index in [2.05, 4.69) is 83.8 Å². The average molecular weight is 720 g/mol. The van der Waals surface area contributed by atoms with Gasteiger partial charge in [-0.3, -0.25) is 4.98 Å². The second-order valence-electron chi connectivity index (χ2n) is 13.7. The first kappa shape index (κ1) is 31.7. The summed E-state index contributed by atoms with van der Waals surface area (Å²) < 4.78 is 12.8. The summed E-state index contributed by atoms with van der Waals surface area (Å²) in [6.07, 6.45) is 3.48. The quantitative estimate of drug-likeness (QED) is 0.169. The standard InChI is InChI=1S/C49H29N5O2/c1-3-9-31(10-4-1)46-52-47(32-11-5-2-6-12-32)54-48(53-46)33-17-15-30(16-18-33)36-21-22-37(39-14-8-7-13-38(36)39)35-19-20-40-43(29-35)55-42-24-23-41-45(44(40)42)56-49(51-41)34-25-27-50-28-26-34/h1-29H. The Hall–Kier alpha value is -7.77. The highest BCUT2D eigenvalue weighted by Crippen LogP contribution is 2.41. The second-order valence-corrected chi connectivity index (χ2v) is 13.7. The number of aromatic nitrogens is 5. The molecule has 0 radical (unpaired) electrons. The summed E-state index contributed by atoms with van der Waals surface area (Å²) in [5.41, 5.74) is 11.2. The highest BCUT2D eigenvalue weighted by molar-refractivity contribution is 6.17. The van der Waals surface area contributed by atoms with Crippen LogP contribution in [0.1, 0.15) is 0 Å². The Morgan fingerprint density at radius 1 is 0.357 bits per heavy atom. The minimum atomic E-state index is 0.558. The zero-order valence-corrected chi connectivity index (χ0v) is 29.8. The Balaban J connectivity index is 0.964. The van der Waals surface area contributed by atoms with Crippen LogP contribution in [0, 0.1) is 0 Å². The van der Waals surface area contributed by atoms with Gasteiger partial charge in [0.05, 0.1) is 5.39 Å². The van der Waals surface area contributed by atoms with Crippen LogP contribution in [-0.2, 0) is 0 Å². The summed E-state index contributed by atoms with van der Waals surface area (Å²) in [7, 11) is 0. The fourth-order valence-corrected chi connectivity index (χ4v) is 7.57. The molecule has 0 N–H and O–H groups in total. The van der Waals surface area contributed by atoms with Crippen LogP contribution < -0.4 is 0 Å². The molecule has 0 saturated heterocycles. The molecule has 0 saturated carbocycles. The van der Waals surface area contributed by atoms with Gasteiger partial charge in [-0.1, -0.05) is 127 Å². The van der Waals surface area contributed by atoms with Crippen LogP contribution in [0.4, 0.5) is 0 Å². The maximum Gasteiger partial charge on any atom is 0.227 e. The van der Waals surface area contributed by atoms with Crippen LogP contribution >= 0.6 is 0 Å². The predicted octanol–water partition coefficient (Wildman–Crippen LogP) is 12.5. The first-order chi connectivity index (χ1) is 27.7. The highest BCUT2D eigenvalue weighted by Gasteiger charge is 2.19. The van der Waals surface area contributed by atoms with Crippen molar-refractivity contribution in [3.8, 4) is 67.9 Å². The number of fused-ring (bicyclic) bond motifs is 6. The van der Waals surface area contributed by atoms with E-state index in [1.54, 1.807) is 12.4 Å². The van der Waals surface area contributed by atoms with Crippen LogP contribution in [0.2, 0.25) is 0 Å². The van der Waals surface area contributed by atoms with E-state index >= 15 is 0 Å². The van der Waals surface area contributed by atoms with Crippen molar-refractivity contribution in [3.63, 3.8) is 0 Å². The molecule has 4 heterocycles. The molecular formula is C49H29N5O2. The van der Waals surface area contributed by atoms with Gasteiger partial charge in [-0.2, -0.15) is 0 Å². The monoisotopic (exact) mass is 719 g/mol. The van der Waals surface area contributed by atoms with E-state index < -0.39 is 0 Å². The number of oxazole rings is 1. The molecule has 11 aromatic rings. The molecule has 0 spiro atoms. The molecule has 7 aromatic carbocycles. The number of furan rings is 1. The maximum atomic E-state index is 6.44. The Kier molecular flexibility index (Phi) is 7.35. The van der Waals surface area contributed by atoms with Crippen LogP contribution in [-0.4, -0.2) is 24.9 Å². The molecule has 0 aliphatic carbocycles. The lowest BCUT2D eigenvalue weighted by molar-refractivity contribution is 0.622. The first-order valence-corrected chi connectivity index (χ1v) is 18.4. The molecule has 0 bridgehead atoms. The lowest BCUT2D eigenvalue weighted by Gasteiger charge is -2.13. The van der Waals surface area contributed by atoms with Gasteiger partial charge in [-0.25, -0.2) is 19.9 Å². The summed E-state index contributed by atoms with van der Waals surface area (Å²) in [5.74, 6) is 2.47. The molecule has 4 aromatic heterocycles. The molecule has 0 unspecified atom stereocenters. The van der Waals surface area contributed by atoms with E-state index in [1.807, 2.05) is 84.9 Å². The molecular weight excluding hydrogens is 691 g/mol. The summed E-state index contributed by atoms with van der Waals surface area (Å²) in [5, 5.41) is 4.22. The Morgan fingerprint density at radius 3 is 1.55 bits per heavy atom. The topological polar surface area (TPSA) is 90.7 Å². The minimum Gasteiger partial charge on any atom is -0.456 e. The van der Waals surface area contributed by atoms with Crippen molar-refractivity contribution >= 4 is 43.8 Å². The fourth-order valence-electron chi connectivity index (χ4n) is 7.57. The van der Waals surface area contributed by atoms with Crippen molar-refractivity contribution in [2.24, 2.45) is 0 Å². The van der Waals surface area contributed by atoms with Gasteiger partial charge >= 0.3 is 0 Å². The predicted molar refractivity (Wildman–Crippen MR) is 223 cm³/mol. The van der Waals surface area contributed by atoms with Gasteiger partial charge in [-0.05, 0) is 69.4 Å². The Labute approximate surface area is 320 Å². The molecule has 0 atom stereocenters. The molecule has 11 rings (SSSR count). The molecule has 0 aliphatic rings. The van der Waals surface area contributed by atoms with Crippen LogP contribution in [0.25, 0.3) is 112 Å².